The summed E-state index contributed by atoms with van der Waals surface area (Å²) in [5, 5.41) is 12.5. The highest BCUT2D eigenvalue weighted by atomic mass is 32.1. The number of carbonyl (C=O) groups excluding carboxylic acids is 2. The van der Waals surface area contributed by atoms with E-state index in [2.05, 4.69) is 15.8 Å². The maximum Gasteiger partial charge on any atom is 0.252 e. The number of amides is 2. The third-order valence-electron chi connectivity index (χ3n) is 2.32. The van der Waals surface area contributed by atoms with Gasteiger partial charge in [0.2, 0.25) is 5.91 Å². The molecule has 19 heavy (non-hydrogen) atoms. The van der Waals surface area contributed by atoms with Crippen LogP contribution in [0.4, 0.5) is 5.82 Å². The molecular weight excluding hydrogens is 266 g/mol. The van der Waals surface area contributed by atoms with Gasteiger partial charge in [0.1, 0.15) is 5.76 Å². The maximum atomic E-state index is 11.6. The number of nitrogens with one attached hydrogen (secondary N) is 2. The van der Waals surface area contributed by atoms with Crippen LogP contribution in [-0.2, 0) is 4.79 Å². The van der Waals surface area contributed by atoms with Crippen LogP contribution in [-0.4, -0.2) is 23.5 Å². The number of carbonyl (C=O) groups is 2. The summed E-state index contributed by atoms with van der Waals surface area (Å²) in [5.41, 5.74) is 0.609. The lowest BCUT2D eigenvalue weighted by atomic mass is 10.3. The fraction of sp³-hybridized carbons (Fsp3) is 0.250. The number of hydrogen-bond acceptors (Lipinski definition) is 5. The molecule has 2 heterocycles. The Labute approximate surface area is 113 Å². The number of nitrogens with zero attached hydrogens (tertiary/aromatic N) is 1. The Morgan fingerprint density at radius 2 is 2.32 bits per heavy atom. The van der Waals surface area contributed by atoms with E-state index in [1.165, 1.54) is 11.3 Å². The van der Waals surface area contributed by atoms with Gasteiger partial charge in [0.15, 0.2) is 5.82 Å². The third kappa shape index (κ3) is 3.92. The number of aromatic nitrogens is 1. The molecular formula is C12H13N3O3S. The second kappa shape index (κ2) is 6.14. The number of thiophene rings is 1. The maximum absolute atomic E-state index is 11.6. The Bertz CT molecular complexity index is 563. The average molecular weight is 279 g/mol. The topological polar surface area (TPSA) is 84.2 Å². The van der Waals surface area contributed by atoms with Crippen LogP contribution in [0.1, 0.15) is 22.5 Å². The van der Waals surface area contributed by atoms with E-state index >= 15 is 0 Å². The van der Waals surface area contributed by atoms with Crippen molar-refractivity contribution in [2.75, 3.05) is 11.9 Å². The zero-order valence-corrected chi connectivity index (χ0v) is 11.1. The fourth-order valence-corrected chi connectivity index (χ4v) is 2.05. The molecule has 0 spiro atoms. The first kappa shape index (κ1) is 13.3. The molecule has 0 aliphatic heterocycles. The molecule has 2 amide bonds. The van der Waals surface area contributed by atoms with E-state index in [1.807, 2.05) is 5.38 Å². The minimum Gasteiger partial charge on any atom is -0.360 e. The molecule has 2 aromatic rings. The van der Waals surface area contributed by atoms with Gasteiger partial charge >= 0.3 is 0 Å². The Hall–Kier alpha value is -2.15. The smallest absolute Gasteiger partial charge is 0.252 e. The van der Waals surface area contributed by atoms with Crippen molar-refractivity contribution in [3.8, 4) is 0 Å². The highest BCUT2D eigenvalue weighted by molar-refractivity contribution is 7.08. The van der Waals surface area contributed by atoms with Crippen molar-refractivity contribution >= 4 is 29.0 Å². The van der Waals surface area contributed by atoms with Gasteiger partial charge in [-0.1, -0.05) is 5.16 Å². The molecule has 2 aromatic heterocycles. The summed E-state index contributed by atoms with van der Waals surface area (Å²) < 4.78 is 4.82. The van der Waals surface area contributed by atoms with Crippen LogP contribution in [0.15, 0.2) is 27.4 Å². The summed E-state index contributed by atoms with van der Waals surface area (Å²) in [6.45, 7) is 2.01. The second-order valence-electron chi connectivity index (χ2n) is 3.89. The molecule has 7 heteroatoms. The molecule has 6 nitrogen and oxygen atoms in total. The van der Waals surface area contributed by atoms with Crippen LogP contribution < -0.4 is 10.6 Å². The average Bonchev–Trinajstić information content (AvgIpc) is 3.00. The van der Waals surface area contributed by atoms with Crippen LogP contribution >= 0.6 is 11.3 Å². The fourth-order valence-electron chi connectivity index (χ4n) is 1.42. The van der Waals surface area contributed by atoms with E-state index in [-0.39, 0.29) is 24.8 Å². The van der Waals surface area contributed by atoms with Crippen molar-refractivity contribution in [2.24, 2.45) is 0 Å². The molecule has 0 saturated heterocycles. The van der Waals surface area contributed by atoms with Gasteiger partial charge in [-0.15, -0.1) is 0 Å². The zero-order valence-electron chi connectivity index (χ0n) is 10.3. The first-order valence-electron chi connectivity index (χ1n) is 5.69. The molecule has 0 aliphatic carbocycles. The number of hydrogen-bond donors (Lipinski definition) is 2. The normalized spacial score (nSPS) is 10.2. The lowest BCUT2D eigenvalue weighted by Crippen LogP contribution is -2.27. The Kier molecular flexibility index (Phi) is 4.30. The van der Waals surface area contributed by atoms with Crippen LogP contribution in [0.5, 0.6) is 0 Å². The van der Waals surface area contributed by atoms with E-state index < -0.39 is 0 Å². The highest BCUT2D eigenvalue weighted by Crippen LogP contribution is 2.07. The van der Waals surface area contributed by atoms with Crippen molar-refractivity contribution < 1.29 is 14.1 Å². The number of anilines is 1. The van der Waals surface area contributed by atoms with Gasteiger partial charge in [0.25, 0.3) is 5.91 Å². The summed E-state index contributed by atoms with van der Waals surface area (Å²) >= 11 is 1.45. The van der Waals surface area contributed by atoms with Crippen molar-refractivity contribution in [2.45, 2.75) is 13.3 Å². The van der Waals surface area contributed by atoms with Crippen LogP contribution in [0.2, 0.25) is 0 Å². The van der Waals surface area contributed by atoms with Gasteiger partial charge in [0, 0.05) is 30.0 Å². The van der Waals surface area contributed by atoms with Gasteiger partial charge in [-0.2, -0.15) is 11.3 Å². The third-order valence-corrected chi connectivity index (χ3v) is 3.00. The zero-order chi connectivity index (χ0) is 13.7. The lowest BCUT2D eigenvalue weighted by Gasteiger charge is -2.03. The standard InChI is InChI=1S/C12H13N3O3S/c1-8-6-10(15-18-8)14-11(16)2-4-13-12(17)9-3-5-19-7-9/h3,5-7H,2,4H2,1H3,(H,13,17)(H,14,15,16). The molecule has 100 valence electrons. The van der Waals surface area contributed by atoms with Gasteiger partial charge in [0.05, 0.1) is 0 Å². The molecule has 0 bridgehead atoms. The molecule has 0 aliphatic rings. The lowest BCUT2D eigenvalue weighted by molar-refractivity contribution is -0.116. The summed E-state index contributed by atoms with van der Waals surface area (Å²) in [7, 11) is 0. The predicted octanol–water partition coefficient (Wildman–Crippen LogP) is 1.80. The largest absolute Gasteiger partial charge is 0.360 e. The van der Waals surface area contributed by atoms with Gasteiger partial charge in [-0.25, -0.2) is 0 Å². The van der Waals surface area contributed by atoms with Crippen molar-refractivity contribution in [3.63, 3.8) is 0 Å². The minimum absolute atomic E-state index is 0.175. The molecule has 0 aromatic carbocycles. The number of aryl methyl sites for hydroxylation is 1. The molecule has 0 unspecified atom stereocenters. The molecule has 0 fully saturated rings. The quantitative estimate of drug-likeness (QED) is 0.874. The minimum atomic E-state index is -0.223. The van der Waals surface area contributed by atoms with E-state index in [0.717, 1.165) is 0 Å². The van der Waals surface area contributed by atoms with Crippen LogP contribution in [0.25, 0.3) is 0 Å². The van der Waals surface area contributed by atoms with Gasteiger partial charge in [-0.05, 0) is 18.4 Å². The number of rotatable bonds is 5. The van der Waals surface area contributed by atoms with Crippen LogP contribution in [0.3, 0.4) is 0 Å². The summed E-state index contributed by atoms with van der Waals surface area (Å²) in [5.74, 6) is 0.609. The SMILES string of the molecule is Cc1cc(NC(=O)CCNC(=O)c2ccsc2)no1. The van der Waals surface area contributed by atoms with E-state index in [4.69, 9.17) is 4.52 Å². The van der Waals surface area contributed by atoms with Crippen molar-refractivity contribution in [3.05, 3.63) is 34.2 Å². The Balaban J connectivity index is 1.71. The van der Waals surface area contributed by atoms with Gasteiger partial charge in [-0.3, -0.25) is 9.59 Å². The van der Waals surface area contributed by atoms with Crippen molar-refractivity contribution in [1.82, 2.24) is 10.5 Å². The highest BCUT2D eigenvalue weighted by Gasteiger charge is 2.08. The molecule has 0 radical (unpaired) electrons. The molecule has 0 saturated carbocycles. The van der Waals surface area contributed by atoms with Gasteiger partial charge < -0.3 is 15.2 Å². The van der Waals surface area contributed by atoms with E-state index in [0.29, 0.717) is 17.1 Å². The first-order chi connectivity index (χ1) is 9.15. The summed E-state index contributed by atoms with van der Waals surface area (Å²) in [6, 6.07) is 3.36. The molecule has 2 N–H and O–H groups in total. The van der Waals surface area contributed by atoms with E-state index in [9.17, 15) is 9.59 Å². The Morgan fingerprint density at radius 3 is 2.95 bits per heavy atom. The predicted molar refractivity (Wildman–Crippen MR) is 71.1 cm³/mol. The summed E-state index contributed by atoms with van der Waals surface area (Å²) in [6.07, 6.45) is 0.182. The van der Waals surface area contributed by atoms with Crippen LogP contribution in [0, 0.1) is 6.92 Å². The molecule has 0 atom stereocenters. The second-order valence-corrected chi connectivity index (χ2v) is 4.67. The molecule has 2 rings (SSSR count). The Morgan fingerprint density at radius 1 is 1.47 bits per heavy atom. The first-order valence-corrected chi connectivity index (χ1v) is 6.63. The summed E-state index contributed by atoms with van der Waals surface area (Å²) in [4.78, 5) is 23.1. The van der Waals surface area contributed by atoms with E-state index in [1.54, 1.807) is 24.4 Å². The monoisotopic (exact) mass is 279 g/mol. The van der Waals surface area contributed by atoms with Crippen molar-refractivity contribution in [1.29, 1.82) is 0 Å².